The number of likely N-dealkylation sites (tertiary alicyclic amines) is 1. The van der Waals surface area contributed by atoms with Crippen LogP contribution < -0.4 is 16.0 Å². The number of nitrogens with one attached hydrogen (secondary N) is 3. The largest absolute Gasteiger partial charge is 0.385 e. The predicted octanol–water partition coefficient (Wildman–Crippen LogP) is 5.53. The highest BCUT2D eigenvalue weighted by atomic mass is 35.5. The van der Waals surface area contributed by atoms with Gasteiger partial charge in [-0.15, -0.1) is 0 Å². The molecule has 0 spiro atoms. The molecule has 208 valence electrons. The highest BCUT2D eigenvalue weighted by Gasteiger charge is 2.26. The number of ether oxygens (including phenoxy) is 1. The SMILES string of the molecule is COCCCc1cc(Cl)c(Cl)cc1NC(=O)Nc1c(C)c(C(=O)NC2CCN(C)CC2)nn1-c1ccccc1. The van der Waals surface area contributed by atoms with Crippen molar-refractivity contribution in [2.75, 3.05) is 44.5 Å². The van der Waals surface area contributed by atoms with E-state index in [2.05, 4.69) is 33.0 Å². The van der Waals surface area contributed by atoms with Gasteiger partial charge in [-0.05, 0) is 82.6 Å². The predicted molar refractivity (Wildman–Crippen MR) is 156 cm³/mol. The number of aromatic nitrogens is 2. The molecule has 1 aliphatic heterocycles. The van der Waals surface area contributed by atoms with Crippen molar-refractivity contribution in [3.05, 3.63) is 69.3 Å². The highest BCUT2D eigenvalue weighted by Crippen LogP contribution is 2.31. The van der Waals surface area contributed by atoms with E-state index in [1.807, 2.05) is 30.3 Å². The van der Waals surface area contributed by atoms with Gasteiger partial charge in [0.05, 0.1) is 15.7 Å². The maximum atomic E-state index is 13.3. The summed E-state index contributed by atoms with van der Waals surface area (Å²) in [4.78, 5) is 28.8. The third kappa shape index (κ3) is 7.30. The van der Waals surface area contributed by atoms with E-state index in [0.29, 0.717) is 45.8 Å². The number of piperidine rings is 1. The van der Waals surface area contributed by atoms with Gasteiger partial charge >= 0.3 is 6.03 Å². The van der Waals surface area contributed by atoms with Gasteiger partial charge in [0.15, 0.2) is 5.69 Å². The number of hydrogen-bond acceptors (Lipinski definition) is 5. The minimum atomic E-state index is -0.496. The molecule has 0 aliphatic carbocycles. The van der Waals surface area contributed by atoms with Gasteiger partial charge in [0, 0.05) is 31.0 Å². The molecule has 0 saturated carbocycles. The number of anilines is 2. The zero-order valence-corrected chi connectivity index (χ0v) is 23.9. The van der Waals surface area contributed by atoms with Gasteiger partial charge in [0.1, 0.15) is 5.82 Å². The lowest BCUT2D eigenvalue weighted by molar-refractivity contribution is 0.0910. The van der Waals surface area contributed by atoms with E-state index < -0.39 is 6.03 Å². The Kier molecular flexibility index (Phi) is 9.85. The lowest BCUT2D eigenvalue weighted by atomic mass is 10.1. The van der Waals surface area contributed by atoms with E-state index in [-0.39, 0.29) is 17.6 Å². The zero-order valence-electron chi connectivity index (χ0n) is 22.4. The molecular weight excluding hydrogens is 539 g/mol. The van der Waals surface area contributed by atoms with E-state index in [0.717, 1.165) is 37.9 Å². The van der Waals surface area contributed by atoms with Crippen molar-refractivity contribution in [3.63, 3.8) is 0 Å². The molecule has 1 aromatic heterocycles. The zero-order chi connectivity index (χ0) is 27.9. The summed E-state index contributed by atoms with van der Waals surface area (Å²) in [6, 6.07) is 12.3. The Morgan fingerprint density at radius 3 is 2.46 bits per heavy atom. The maximum Gasteiger partial charge on any atom is 0.324 e. The van der Waals surface area contributed by atoms with Crippen molar-refractivity contribution in [1.29, 1.82) is 0 Å². The number of para-hydroxylation sites is 1. The van der Waals surface area contributed by atoms with E-state index in [4.69, 9.17) is 27.9 Å². The van der Waals surface area contributed by atoms with Crippen LogP contribution in [-0.4, -0.2) is 66.5 Å². The second-order valence-electron chi connectivity index (χ2n) is 9.72. The van der Waals surface area contributed by atoms with E-state index in [1.165, 1.54) is 0 Å². The van der Waals surface area contributed by atoms with Crippen LogP contribution in [0.15, 0.2) is 42.5 Å². The van der Waals surface area contributed by atoms with Crippen LogP contribution in [0.25, 0.3) is 5.69 Å². The molecule has 4 rings (SSSR count). The number of methoxy groups -OCH3 is 1. The minimum absolute atomic E-state index is 0.0841. The topological polar surface area (TPSA) is 101 Å². The number of carbonyl (C=O) groups excluding carboxylic acids is 2. The van der Waals surface area contributed by atoms with Crippen molar-refractivity contribution in [2.45, 2.75) is 38.6 Å². The lowest BCUT2D eigenvalue weighted by Crippen LogP contribution is -2.43. The Morgan fingerprint density at radius 1 is 1.08 bits per heavy atom. The van der Waals surface area contributed by atoms with Crippen LogP contribution in [-0.2, 0) is 11.2 Å². The number of halogens is 2. The highest BCUT2D eigenvalue weighted by molar-refractivity contribution is 6.42. The fourth-order valence-electron chi connectivity index (χ4n) is 4.60. The fraction of sp³-hybridized carbons (Fsp3) is 0.393. The molecule has 3 aromatic rings. The number of aryl methyl sites for hydroxylation is 1. The average Bonchev–Trinajstić information content (AvgIpc) is 3.24. The van der Waals surface area contributed by atoms with E-state index in [1.54, 1.807) is 30.8 Å². The van der Waals surface area contributed by atoms with Crippen molar-refractivity contribution >= 4 is 46.6 Å². The Hall–Kier alpha value is -3.11. The second-order valence-corrected chi connectivity index (χ2v) is 10.5. The first-order chi connectivity index (χ1) is 18.8. The van der Waals surface area contributed by atoms with Crippen LogP contribution in [0.2, 0.25) is 10.0 Å². The molecule has 1 fully saturated rings. The first-order valence-electron chi connectivity index (χ1n) is 13.0. The molecule has 0 radical (unpaired) electrons. The van der Waals surface area contributed by atoms with E-state index in [9.17, 15) is 9.59 Å². The van der Waals surface area contributed by atoms with E-state index >= 15 is 0 Å². The minimum Gasteiger partial charge on any atom is -0.385 e. The molecule has 0 unspecified atom stereocenters. The summed E-state index contributed by atoms with van der Waals surface area (Å²) in [7, 11) is 3.72. The molecule has 1 saturated heterocycles. The fourth-order valence-corrected chi connectivity index (χ4v) is 4.95. The summed E-state index contributed by atoms with van der Waals surface area (Å²) >= 11 is 12.5. The summed E-state index contributed by atoms with van der Waals surface area (Å²) < 4.78 is 6.73. The number of carbonyl (C=O) groups is 2. The number of benzene rings is 2. The molecule has 9 nitrogen and oxygen atoms in total. The number of hydrogen-bond donors (Lipinski definition) is 3. The molecule has 11 heteroatoms. The molecule has 0 atom stereocenters. The van der Waals surface area contributed by atoms with Crippen LogP contribution in [0.1, 0.15) is 40.9 Å². The Labute approximate surface area is 238 Å². The summed E-state index contributed by atoms with van der Waals surface area (Å²) in [5.74, 6) is 0.137. The molecular formula is C28H34Cl2N6O3. The third-order valence-corrected chi connectivity index (χ3v) is 7.53. The monoisotopic (exact) mass is 572 g/mol. The van der Waals surface area contributed by atoms with Crippen molar-refractivity contribution in [3.8, 4) is 5.69 Å². The molecule has 1 aliphatic rings. The van der Waals surface area contributed by atoms with Crippen molar-refractivity contribution in [1.82, 2.24) is 20.0 Å². The normalized spacial score (nSPS) is 14.3. The van der Waals surface area contributed by atoms with Crippen LogP contribution >= 0.6 is 23.2 Å². The van der Waals surface area contributed by atoms with Gasteiger partial charge in [0.2, 0.25) is 0 Å². The summed E-state index contributed by atoms with van der Waals surface area (Å²) in [5.41, 5.74) is 2.92. The first kappa shape index (κ1) is 28.9. The van der Waals surface area contributed by atoms with Crippen molar-refractivity contribution < 1.29 is 14.3 Å². The summed E-state index contributed by atoms with van der Waals surface area (Å²) in [5, 5.41) is 14.3. The number of rotatable bonds is 9. The maximum absolute atomic E-state index is 13.3. The summed E-state index contributed by atoms with van der Waals surface area (Å²) in [6.45, 7) is 4.21. The average molecular weight is 574 g/mol. The molecule has 39 heavy (non-hydrogen) atoms. The van der Waals surface area contributed by atoms with Crippen molar-refractivity contribution in [2.24, 2.45) is 0 Å². The first-order valence-corrected chi connectivity index (χ1v) is 13.7. The standard InChI is InChI=1S/C28H34Cl2N6O3/c1-18-25(27(37)31-20-11-13-35(2)14-12-20)34-36(21-9-5-4-6-10-21)26(18)33-28(38)32-24-17-23(30)22(29)16-19(24)8-7-15-39-3/h4-6,9-10,16-17,20H,7-8,11-15H2,1-3H3,(H,31,37)(H2,32,33,38). The van der Waals surface area contributed by atoms with Gasteiger partial charge in [-0.3, -0.25) is 10.1 Å². The van der Waals surface area contributed by atoms with Gasteiger partial charge < -0.3 is 20.3 Å². The van der Waals surface area contributed by atoms with Crippen LogP contribution in [0.5, 0.6) is 0 Å². The molecule has 3 amide bonds. The lowest BCUT2D eigenvalue weighted by Gasteiger charge is -2.29. The van der Waals surface area contributed by atoms with Gasteiger partial charge in [-0.2, -0.15) is 5.10 Å². The number of nitrogens with zero attached hydrogens (tertiary/aromatic N) is 3. The van der Waals surface area contributed by atoms with Gasteiger partial charge in [0.25, 0.3) is 5.91 Å². The smallest absolute Gasteiger partial charge is 0.324 e. The van der Waals surface area contributed by atoms with Crippen LogP contribution in [0.4, 0.5) is 16.3 Å². The Balaban J connectivity index is 1.58. The van der Waals surface area contributed by atoms with Gasteiger partial charge in [-0.1, -0.05) is 41.4 Å². The number of amides is 3. The third-order valence-electron chi connectivity index (χ3n) is 6.81. The quantitative estimate of drug-likeness (QED) is 0.292. The molecule has 2 aromatic carbocycles. The second kappa shape index (κ2) is 13.3. The Bertz CT molecular complexity index is 1310. The summed E-state index contributed by atoms with van der Waals surface area (Å²) in [6.07, 6.45) is 3.15. The Morgan fingerprint density at radius 2 is 1.77 bits per heavy atom. The molecule has 2 heterocycles. The molecule has 0 bridgehead atoms. The van der Waals surface area contributed by atoms with Crippen LogP contribution in [0, 0.1) is 6.92 Å². The van der Waals surface area contributed by atoms with Gasteiger partial charge in [-0.25, -0.2) is 9.48 Å². The van der Waals surface area contributed by atoms with Crippen LogP contribution in [0.3, 0.4) is 0 Å². The molecule has 3 N–H and O–H groups in total. The number of urea groups is 1.